The highest BCUT2D eigenvalue weighted by atomic mass is 19.3. The third-order valence-corrected chi connectivity index (χ3v) is 3.60. The minimum absolute atomic E-state index is 0.333. The second-order valence-corrected chi connectivity index (χ2v) is 6.27. The third kappa shape index (κ3) is 2.43. The van der Waals surface area contributed by atoms with E-state index in [1.54, 1.807) is 20.8 Å². The lowest BCUT2D eigenvalue weighted by Crippen LogP contribution is -2.63. The van der Waals surface area contributed by atoms with Gasteiger partial charge in [0, 0.05) is 37.5 Å². The van der Waals surface area contributed by atoms with E-state index >= 15 is 0 Å². The summed E-state index contributed by atoms with van der Waals surface area (Å²) in [4.78, 5) is 13.3. The number of alkyl halides is 2. The molecular weight excluding hydrogens is 242 g/mol. The summed E-state index contributed by atoms with van der Waals surface area (Å²) in [6.07, 6.45) is -2.74. The molecule has 0 bridgehead atoms. The molecule has 0 aromatic heterocycles. The summed E-state index contributed by atoms with van der Waals surface area (Å²) >= 11 is 0. The number of hydrogen-bond acceptors (Lipinski definition) is 3. The van der Waals surface area contributed by atoms with E-state index in [9.17, 15) is 13.6 Å². The maximum atomic E-state index is 12.9. The van der Waals surface area contributed by atoms with E-state index in [0.29, 0.717) is 26.2 Å². The van der Waals surface area contributed by atoms with Crippen LogP contribution in [0.25, 0.3) is 0 Å². The van der Waals surface area contributed by atoms with Crippen LogP contribution in [-0.4, -0.2) is 49.2 Å². The van der Waals surface area contributed by atoms with Crippen molar-refractivity contribution in [2.75, 3.05) is 26.2 Å². The predicted molar refractivity (Wildman–Crippen MR) is 62.6 cm³/mol. The van der Waals surface area contributed by atoms with Crippen LogP contribution in [0.3, 0.4) is 0 Å². The lowest BCUT2D eigenvalue weighted by atomic mass is 9.72. The van der Waals surface area contributed by atoms with Crippen LogP contribution in [0.4, 0.5) is 13.6 Å². The second-order valence-electron chi connectivity index (χ2n) is 6.27. The molecule has 1 N–H and O–H groups in total. The number of ether oxygens (including phenoxy) is 1. The number of carbonyl (C=O) groups excluding carboxylic acids is 1. The standard InChI is InChI=1S/C12H20F2N2O2/c1-11(2,3)18-10(17)16-6-12(7-16)5-15-4-8(12)9(13)14/h8-9,15H,4-7H2,1-3H3. The van der Waals surface area contributed by atoms with Gasteiger partial charge in [0.05, 0.1) is 0 Å². The normalized spacial score (nSPS) is 26.6. The Morgan fingerprint density at radius 3 is 2.56 bits per heavy atom. The molecular formula is C12H20F2N2O2. The molecule has 2 saturated heterocycles. The first-order valence-electron chi connectivity index (χ1n) is 6.20. The van der Waals surface area contributed by atoms with E-state index in [4.69, 9.17) is 4.74 Å². The zero-order valence-corrected chi connectivity index (χ0v) is 11.0. The fourth-order valence-corrected chi connectivity index (χ4v) is 2.70. The second kappa shape index (κ2) is 4.33. The van der Waals surface area contributed by atoms with Gasteiger partial charge in [-0.25, -0.2) is 13.6 Å². The van der Waals surface area contributed by atoms with Crippen LogP contribution in [0.15, 0.2) is 0 Å². The van der Waals surface area contributed by atoms with Gasteiger partial charge in [0.1, 0.15) is 5.60 Å². The summed E-state index contributed by atoms with van der Waals surface area (Å²) in [5.74, 6) is -0.656. The van der Waals surface area contributed by atoms with Gasteiger partial charge < -0.3 is 15.0 Å². The Morgan fingerprint density at radius 1 is 1.44 bits per heavy atom. The first-order valence-corrected chi connectivity index (χ1v) is 6.20. The molecule has 104 valence electrons. The largest absolute Gasteiger partial charge is 0.444 e. The van der Waals surface area contributed by atoms with E-state index in [0.717, 1.165) is 0 Å². The molecule has 2 aliphatic rings. The summed E-state index contributed by atoms with van der Waals surface area (Å²) in [6.45, 7) is 6.99. The van der Waals surface area contributed by atoms with Crippen molar-refractivity contribution < 1.29 is 18.3 Å². The number of rotatable bonds is 1. The number of likely N-dealkylation sites (tertiary alicyclic amines) is 1. The van der Waals surface area contributed by atoms with Crippen molar-refractivity contribution in [2.24, 2.45) is 11.3 Å². The maximum absolute atomic E-state index is 12.9. The molecule has 1 unspecified atom stereocenters. The highest BCUT2D eigenvalue weighted by Gasteiger charge is 2.56. The number of nitrogens with one attached hydrogen (secondary N) is 1. The van der Waals surface area contributed by atoms with Gasteiger partial charge in [0.15, 0.2) is 0 Å². The van der Waals surface area contributed by atoms with E-state index in [2.05, 4.69) is 5.32 Å². The van der Waals surface area contributed by atoms with Crippen molar-refractivity contribution >= 4 is 6.09 Å². The Kier molecular flexibility index (Phi) is 3.25. The van der Waals surface area contributed by atoms with Crippen LogP contribution >= 0.6 is 0 Å². The molecule has 1 amide bonds. The van der Waals surface area contributed by atoms with Gasteiger partial charge in [-0.3, -0.25) is 0 Å². The third-order valence-electron chi connectivity index (χ3n) is 3.60. The maximum Gasteiger partial charge on any atom is 0.410 e. The topological polar surface area (TPSA) is 41.6 Å². The summed E-state index contributed by atoms with van der Waals surface area (Å²) in [6, 6.07) is 0. The molecule has 0 aromatic rings. The number of hydrogen-bond donors (Lipinski definition) is 1. The lowest BCUT2D eigenvalue weighted by Gasteiger charge is -2.50. The van der Waals surface area contributed by atoms with Crippen LogP contribution in [-0.2, 0) is 4.74 Å². The highest BCUT2D eigenvalue weighted by molar-refractivity contribution is 5.69. The fourth-order valence-electron chi connectivity index (χ4n) is 2.70. The first-order chi connectivity index (χ1) is 8.23. The lowest BCUT2D eigenvalue weighted by molar-refractivity contribution is -0.0767. The van der Waals surface area contributed by atoms with Crippen molar-refractivity contribution in [2.45, 2.75) is 32.8 Å². The Labute approximate surface area is 106 Å². The van der Waals surface area contributed by atoms with E-state index < -0.39 is 29.5 Å². The average molecular weight is 262 g/mol. The smallest absolute Gasteiger partial charge is 0.410 e. The van der Waals surface area contributed by atoms with Crippen molar-refractivity contribution in [3.05, 3.63) is 0 Å². The van der Waals surface area contributed by atoms with Crippen molar-refractivity contribution in [3.63, 3.8) is 0 Å². The minimum Gasteiger partial charge on any atom is -0.444 e. The molecule has 1 atom stereocenters. The van der Waals surface area contributed by atoms with Gasteiger partial charge in [0.25, 0.3) is 0 Å². The molecule has 2 aliphatic heterocycles. The van der Waals surface area contributed by atoms with Gasteiger partial charge in [-0.15, -0.1) is 0 Å². The zero-order valence-electron chi connectivity index (χ0n) is 11.0. The quantitative estimate of drug-likeness (QED) is 0.782. The van der Waals surface area contributed by atoms with Crippen LogP contribution in [0.5, 0.6) is 0 Å². The monoisotopic (exact) mass is 262 g/mol. The summed E-state index contributed by atoms with van der Waals surface area (Å²) < 4.78 is 31.0. The van der Waals surface area contributed by atoms with Gasteiger partial charge >= 0.3 is 6.09 Å². The molecule has 0 aliphatic carbocycles. The van der Waals surface area contributed by atoms with Gasteiger partial charge in [-0.2, -0.15) is 0 Å². The van der Waals surface area contributed by atoms with Gasteiger partial charge in [-0.1, -0.05) is 0 Å². The first kappa shape index (κ1) is 13.5. The SMILES string of the molecule is CC(C)(C)OC(=O)N1CC2(CNCC2C(F)F)C1. The van der Waals surface area contributed by atoms with Gasteiger partial charge in [0.2, 0.25) is 6.43 Å². The van der Waals surface area contributed by atoms with Crippen LogP contribution in [0, 0.1) is 11.3 Å². The van der Waals surface area contributed by atoms with Crippen LogP contribution in [0.1, 0.15) is 20.8 Å². The molecule has 0 aromatic carbocycles. The summed E-state index contributed by atoms with van der Waals surface area (Å²) in [5, 5.41) is 3.00. The fraction of sp³-hybridized carbons (Fsp3) is 0.917. The van der Waals surface area contributed by atoms with Crippen LogP contribution in [0.2, 0.25) is 0 Å². The Hall–Kier alpha value is -0.910. The zero-order chi connectivity index (χ0) is 13.6. The van der Waals surface area contributed by atoms with E-state index in [1.807, 2.05) is 0 Å². The van der Waals surface area contributed by atoms with Gasteiger partial charge in [-0.05, 0) is 20.8 Å². The Balaban J connectivity index is 1.91. The molecule has 6 heteroatoms. The summed E-state index contributed by atoms with van der Waals surface area (Å²) in [5.41, 5.74) is -0.999. The van der Waals surface area contributed by atoms with Crippen molar-refractivity contribution in [1.82, 2.24) is 10.2 Å². The van der Waals surface area contributed by atoms with Crippen molar-refractivity contribution in [1.29, 1.82) is 0 Å². The molecule has 2 heterocycles. The van der Waals surface area contributed by atoms with E-state index in [-0.39, 0.29) is 0 Å². The molecule has 0 radical (unpaired) electrons. The number of halogens is 2. The Morgan fingerprint density at radius 2 is 2.06 bits per heavy atom. The molecule has 0 saturated carbocycles. The minimum atomic E-state index is -2.33. The number of carbonyl (C=O) groups is 1. The molecule has 1 spiro atoms. The van der Waals surface area contributed by atoms with E-state index in [1.165, 1.54) is 4.90 Å². The molecule has 18 heavy (non-hydrogen) atoms. The number of nitrogens with zero attached hydrogens (tertiary/aromatic N) is 1. The number of amides is 1. The Bertz CT molecular complexity index is 335. The molecule has 2 rings (SSSR count). The molecule has 2 fully saturated rings. The van der Waals surface area contributed by atoms with Crippen molar-refractivity contribution in [3.8, 4) is 0 Å². The summed E-state index contributed by atoms with van der Waals surface area (Å²) in [7, 11) is 0. The predicted octanol–water partition coefficient (Wildman–Crippen LogP) is 1.71. The average Bonchev–Trinajstić information content (AvgIpc) is 2.55. The van der Waals surface area contributed by atoms with Crippen LogP contribution < -0.4 is 5.32 Å². The highest BCUT2D eigenvalue weighted by Crippen LogP contribution is 2.43. The molecule has 4 nitrogen and oxygen atoms in total.